The summed E-state index contributed by atoms with van der Waals surface area (Å²) >= 11 is 0. The summed E-state index contributed by atoms with van der Waals surface area (Å²) in [5.74, 6) is 0.309. The van der Waals surface area contributed by atoms with Crippen molar-refractivity contribution >= 4 is 0 Å². The van der Waals surface area contributed by atoms with Crippen molar-refractivity contribution < 1.29 is 10.2 Å². The van der Waals surface area contributed by atoms with Crippen LogP contribution in [0.1, 0.15) is 37.0 Å². The molecule has 0 saturated heterocycles. The van der Waals surface area contributed by atoms with E-state index in [4.69, 9.17) is 0 Å². The van der Waals surface area contributed by atoms with Crippen LogP contribution < -0.4 is 0 Å². The topological polar surface area (TPSA) is 40.5 Å². The third-order valence-corrected chi connectivity index (χ3v) is 3.49. The highest BCUT2D eigenvalue weighted by Gasteiger charge is 2.32. The van der Waals surface area contributed by atoms with Gasteiger partial charge in [-0.3, -0.25) is 0 Å². The Hall–Kier alpha value is -1.54. The van der Waals surface area contributed by atoms with Crippen molar-refractivity contribution in [3.05, 3.63) is 57.9 Å². The van der Waals surface area contributed by atoms with Crippen LogP contribution in [0, 0.1) is 13.8 Å². The summed E-state index contributed by atoms with van der Waals surface area (Å²) in [6, 6.07) is 6.10. The van der Waals surface area contributed by atoms with Crippen LogP contribution in [-0.2, 0) is 5.60 Å². The van der Waals surface area contributed by atoms with Crippen LogP contribution in [0.3, 0.4) is 0 Å². The first kappa shape index (κ1) is 12.9. The summed E-state index contributed by atoms with van der Waals surface area (Å²) in [6.07, 6.45) is 2.20. The van der Waals surface area contributed by atoms with Gasteiger partial charge in [-0.15, -0.1) is 0 Å². The number of hydrogen-bond acceptors (Lipinski definition) is 2. The zero-order valence-corrected chi connectivity index (χ0v) is 11.4. The number of hydrogen-bond donors (Lipinski definition) is 2. The molecule has 1 aliphatic rings. The molecule has 0 aromatic heterocycles. The maximum absolute atomic E-state index is 10.8. The largest absolute Gasteiger partial charge is 0.508 e. The maximum atomic E-state index is 10.8. The molecule has 0 spiro atoms. The van der Waals surface area contributed by atoms with E-state index in [0.717, 1.165) is 27.8 Å². The number of benzene rings is 1. The molecule has 0 fully saturated rings. The third kappa shape index (κ3) is 2.21. The molecule has 0 aliphatic heterocycles. The minimum absolute atomic E-state index is 0.309. The van der Waals surface area contributed by atoms with Gasteiger partial charge >= 0.3 is 0 Å². The monoisotopic (exact) mass is 244 g/mol. The molecule has 0 heterocycles. The lowest BCUT2D eigenvalue weighted by Gasteiger charge is -2.31. The zero-order valence-electron chi connectivity index (χ0n) is 11.4. The molecule has 2 nitrogen and oxygen atoms in total. The molecule has 0 bridgehead atoms. The Morgan fingerprint density at radius 3 is 2.06 bits per heavy atom. The van der Waals surface area contributed by atoms with E-state index in [1.807, 2.05) is 39.8 Å². The van der Waals surface area contributed by atoms with Crippen molar-refractivity contribution in [1.82, 2.24) is 0 Å². The second kappa shape index (κ2) is 4.29. The van der Waals surface area contributed by atoms with Gasteiger partial charge in [0.2, 0.25) is 0 Å². The van der Waals surface area contributed by atoms with E-state index < -0.39 is 5.60 Å². The Bertz CT molecular complexity index is 532. The molecule has 0 saturated carbocycles. The standard InChI is InChI=1S/C16H20O2/c1-10-5-11(2)7-14(6-10)16(18)8-12(3)15(17)13(4)9-16/h5-8,17-18H,9H2,1-4H3. The predicted octanol–water partition coefficient (Wildman–Crippen LogP) is 3.67. The highest BCUT2D eigenvalue weighted by Crippen LogP contribution is 2.38. The van der Waals surface area contributed by atoms with Gasteiger partial charge in [0.15, 0.2) is 0 Å². The Morgan fingerprint density at radius 2 is 1.56 bits per heavy atom. The van der Waals surface area contributed by atoms with E-state index in [9.17, 15) is 10.2 Å². The van der Waals surface area contributed by atoms with Gasteiger partial charge in [0.25, 0.3) is 0 Å². The molecule has 96 valence electrons. The zero-order chi connectivity index (χ0) is 13.5. The lowest BCUT2D eigenvalue weighted by Crippen LogP contribution is -2.27. The second-order valence-corrected chi connectivity index (χ2v) is 5.43. The van der Waals surface area contributed by atoms with E-state index in [1.165, 1.54) is 0 Å². The van der Waals surface area contributed by atoms with Gasteiger partial charge in [-0.1, -0.05) is 29.3 Å². The summed E-state index contributed by atoms with van der Waals surface area (Å²) in [5.41, 5.74) is 3.74. The summed E-state index contributed by atoms with van der Waals surface area (Å²) in [5, 5.41) is 20.7. The molecular formula is C16H20O2. The number of aliphatic hydroxyl groups excluding tert-OH is 1. The average Bonchev–Trinajstić information content (AvgIpc) is 2.24. The Balaban J connectivity index is 2.51. The van der Waals surface area contributed by atoms with Gasteiger partial charge in [0.1, 0.15) is 11.4 Å². The maximum Gasteiger partial charge on any atom is 0.117 e. The highest BCUT2D eigenvalue weighted by atomic mass is 16.3. The fraction of sp³-hybridized carbons (Fsp3) is 0.375. The number of aliphatic hydroxyl groups is 2. The summed E-state index contributed by atoms with van der Waals surface area (Å²) in [7, 11) is 0. The van der Waals surface area contributed by atoms with Gasteiger partial charge in [-0.25, -0.2) is 0 Å². The molecule has 1 aliphatic carbocycles. The van der Waals surface area contributed by atoms with Gasteiger partial charge in [-0.2, -0.15) is 0 Å². The van der Waals surface area contributed by atoms with Crippen LogP contribution in [0.15, 0.2) is 41.2 Å². The fourth-order valence-corrected chi connectivity index (χ4v) is 2.71. The minimum Gasteiger partial charge on any atom is -0.508 e. The van der Waals surface area contributed by atoms with Crippen LogP contribution in [-0.4, -0.2) is 10.2 Å². The van der Waals surface area contributed by atoms with Crippen molar-refractivity contribution in [2.75, 3.05) is 0 Å². The van der Waals surface area contributed by atoms with Gasteiger partial charge < -0.3 is 10.2 Å². The van der Waals surface area contributed by atoms with Crippen molar-refractivity contribution in [3.8, 4) is 0 Å². The number of rotatable bonds is 1. The van der Waals surface area contributed by atoms with Crippen molar-refractivity contribution in [2.45, 2.75) is 39.7 Å². The predicted molar refractivity (Wildman–Crippen MR) is 73.5 cm³/mol. The molecule has 2 heteroatoms. The summed E-state index contributed by atoms with van der Waals surface area (Å²) < 4.78 is 0. The highest BCUT2D eigenvalue weighted by molar-refractivity contribution is 5.43. The summed E-state index contributed by atoms with van der Waals surface area (Å²) in [6.45, 7) is 7.74. The van der Waals surface area contributed by atoms with E-state index in [2.05, 4.69) is 6.07 Å². The van der Waals surface area contributed by atoms with E-state index in [1.54, 1.807) is 6.08 Å². The lowest BCUT2D eigenvalue weighted by molar-refractivity contribution is 0.0842. The average molecular weight is 244 g/mol. The van der Waals surface area contributed by atoms with Gasteiger partial charge in [-0.05, 0) is 50.5 Å². The molecule has 0 radical (unpaired) electrons. The molecule has 2 rings (SSSR count). The molecule has 1 aromatic carbocycles. The summed E-state index contributed by atoms with van der Waals surface area (Å²) in [4.78, 5) is 0. The Morgan fingerprint density at radius 1 is 1.00 bits per heavy atom. The molecule has 1 unspecified atom stereocenters. The van der Waals surface area contributed by atoms with Crippen LogP contribution in [0.2, 0.25) is 0 Å². The van der Waals surface area contributed by atoms with Crippen LogP contribution in [0.5, 0.6) is 0 Å². The van der Waals surface area contributed by atoms with Gasteiger partial charge in [0.05, 0.1) is 0 Å². The Kier molecular flexibility index (Phi) is 3.07. The van der Waals surface area contributed by atoms with Gasteiger partial charge in [0, 0.05) is 6.42 Å². The number of aryl methyl sites for hydroxylation is 2. The second-order valence-electron chi connectivity index (χ2n) is 5.43. The molecule has 2 N–H and O–H groups in total. The van der Waals surface area contributed by atoms with Crippen molar-refractivity contribution in [2.24, 2.45) is 0 Å². The van der Waals surface area contributed by atoms with E-state index >= 15 is 0 Å². The fourth-order valence-electron chi connectivity index (χ4n) is 2.71. The SMILES string of the molecule is CC1=CC(O)(c2cc(C)cc(C)c2)CC(C)=C1O. The molecular weight excluding hydrogens is 224 g/mol. The van der Waals surface area contributed by atoms with Crippen LogP contribution in [0.25, 0.3) is 0 Å². The molecule has 18 heavy (non-hydrogen) atoms. The smallest absolute Gasteiger partial charge is 0.117 e. The minimum atomic E-state index is -1.00. The lowest BCUT2D eigenvalue weighted by atomic mass is 9.80. The quantitative estimate of drug-likeness (QED) is 0.791. The van der Waals surface area contributed by atoms with Crippen LogP contribution in [0.4, 0.5) is 0 Å². The normalized spacial score (nSPS) is 24.2. The molecule has 0 amide bonds. The van der Waals surface area contributed by atoms with Crippen molar-refractivity contribution in [1.29, 1.82) is 0 Å². The first-order valence-corrected chi connectivity index (χ1v) is 6.21. The van der Waals surface area contributed by atoms with E-state index in [-0.39, 0.29) is 0 Å². The van der Waals surface area contributed by atoms with Crippen molar-refractivity contribution in [3.63, 3.8) is 0 Å². The molecule has 1 atom stereocenters. The first-order chi connectivity index (χ1) is 8.32. The first-order valence-electron chi connectivity index (χ1n) is 6.21. The van der Waals surface area contributed by atoms with E-state index in [0.29, 0.717) is 12.2 Å². The Labute approximate surface area is 108 Å². The number of allylic oxidation sites excluding steroid dienone is 1. The van der Waals surface area contributed by atoms with Crippen LogP contribution >= 0.6 is 0 Å². The molecule has 1 aromatic rings. The third-order valence-electron chi connectivity index (χ3n) is 3.49.